The number of ether oxygens (including phenoxy) is 4. The number of benzene rings is 2. The maximum Gasteiger partial charge on any atom is 0.279 e. The minimum Gasteiger partial charge on any atom is -0.497 e. The molecule has 1 heterocycles. The predicted molar refractivity (Wildman–Crippen MR) is 108 cm³/mol. The fraction of sp³-hybridized carbons (Fsp3) is 0.300. The molecule has 0 saturated carbocycles. The number of rotatable bonds is 6. The van der Waals surface area contributed by atoms with Crippen molar-refractivity contribution in [1.82, 2.24) is 4.57 Å². The highest BCUT2D eigenvalue weighted by Crippen LogP contribution is 2.35. The van der Waals surface area contributed by atoms with Gasteiger partial charge >= 0.3 is 0 Å². The average Bonchev–Trinajstić information content (AvgIpc) is 3.10. The van der Waals surface area contributed by atoms with Crippen LogP contribution in [0.3, 0.4) is 0 Å². The molecular formula is C20H22N2O5S. The van der Waals surface area contributed by atoms with Crippen molar-refractivity contribution in [1.29, 1.82) is 0 Å². The van der Waals surface area contributed by atoms with Crippen LogP contribution in [0, 0.1) is 0 Å². The zero-order valence-corrected chi connectivity index (χ0v) is 17.3. The molecule has 8 heteroatoms. The van der Waals surface area contributed by atoms with E-state index in [1.165, 1.54) is 25.6 Å². The monoisotopic (exact) mass is 402 g/mol. The number of carbonyl (C=O) groups excluding carboxylic acids is 1. The molecule has 2 aromatic carbocycles. The number of hydrogen-bond acceptors (Lipinski definition) is 6. The Morgan fingerprint density at radius 1 is 0.964 bits per heavy atom. The molecule has 1 amide bonds. The van der Waals surface area contributed by atoms with Crippen LogP contribution in [0.2, 0.25) is 0 Å². The van der Waals surface area contributed by atoms with E-state index in [0.29, 0.717) is 39.9 Å². The van der Waals surface area contributed by atoms with Gasteiger partial charge < -0.3 is 23.5 Å². The van der Waals surface area contributed by atoms with Gasteiger partial charge in [-0.3, -0.25) is 4.79 Å². The first-order valence-electron chi connectivity index (χ1n) is 8.62. The second-order valence-electron chi connectivity index (χ2n) is 5.80. The summed E-state index contributed by atoms with van der Waals surface area (Å²) in [5, 5.41) is 0. The normalized spacial score (nSPS) is 11.5. The van der Waals surface area contributed by atoms with Gasteiger partial charge in [0.2, 0.25) is 0 Å². The molecule has 0 bridgehead atoms. The van der Waals surface area contributed by atoms with E-state index in [1.807, 2.05) is 23.6 Å². The molecule has 0 atom stereocenters. The SMILES string of the molecule is CCn1c(=NC(=O)c2cc(OC)cc(OC)c2)sc2c(OC)ccc(OC)c21. The molecule has 28 heavy (non-hydrogen) atoms. The maximum absolute atomic E-state index is 12.9. The summed E-state index contributed by atoms with van der Waals surface area (Å²) in [7, 11) is 6.30. The van der Waals surface area contributed by atoms with Gasteiger partial charge in [0.25, 0.3) is 5.91 Å². The number of methoxy groups -OCH3 is 4. The van der Waals surface area contributed by atoms with Gasteiger partial charge in [0.15, 0.2) is 4.80 Å². The van der Waals surface area contributed by atoms with Crippen molar-refractivity contribution in [3.05, 3.63) is 40.7 Å². The summed E-state index contributed by atoms with van der Waals surface area (Å²) in [6.45, 7) is 2.61. The van der Waals surface area contributed by atoms with Gasteiger partial charge in [0.05, 0.1) is 28.4 Å². The number of thiazole rings is 1. The van der Waals surface area contributed by atoms with Gasteiger partial charge in [0.1, 0.15) is 33.2 Å². The summed E-state index contributed by atoms with van der Waals surface area (Å²) < 4.78 is 24.3. The van der Waals surface area contributed by atoms with E-state index >= 15 is 0 Å². The molecule has 0 unspecified atom stereocenters. The summed E-state index contributed by atoms with van der Waals surface area (Å²) in [6.07, 6.45) is 0. The number of amides is 1. The molecule has 0 aliphatic heterocycles. The van der Waals surface area contributed by atoms with Crippen LogP contribution in [0.5, 0.6) is 23.0 Å². The smallest absolute Gasteiger partial charge is 0.279 e. The average molecular weight is 402 g/mol. The Balaban J connectivity index is 2.20. The highest BCUT2D eigenvalue weighted by molar-refractivity contribution is 7.16. The first-order valence-corrected chi connectivity index (χ1v) is 9.44. The molecule has 0 fully saturated rings. The van der Waals surface area contributed by atoms with Crippen molar-refractivity contribution in [2.24, 2.45) is 4.99 Å². The van der Waals surface area contributed by atoms with Gasteiger partial charge in [-0.25, -0.2) is 0 Å². The van der Waals surface area contributed by atoms with E-state index in [9.17, 15) is 4.79 Å². The van der Waals surface area contributed by atoms with Crippen LogP contribution in [-0.4, -0.2) is 38.9 Å². The minimum absolute atomic E-state index is 0.384. The number of nitrogens with zero attached hydrogens (tertiary/aromatic N) is 2. The Kier molecular flexibility index (Phi) is 5.89. The fourth-order valence-corrected chi connectivity index (χ4v) is 4.12. The quantitative estimate of drug-likeness (QED) is 0.631. The third-order valence-electron chi connectivity index (χ3n) is 4.30. The lowest BCUT2D eigenvalue weighted by Gasteiger charge is -2.08. The number of aromatic nitrogens is 1. The van der Waals surface area contributed by atoms with Gasteiger partial charge in [-0.1, -0.05) is 11.3 Å². The van der Waals surface area contributed by atoms with E-state index in [2.05, 4.69) is 4.99 Å². The summed E-state index contributed by atoms with van der Waals surface area (Å²) in [6, 6.07) is 8.67. The Labute approximate surface area is 166 Å². The summed E-state index contributed by atoms with van der Waals surface area (Å²) in [5.74, 6) is 2.08. The van der Waals surface area contributed by atoms with E-state index in [0.717, 1.165) is 10.2 Å². The van der Waals surface area contributed by atoms with Crippen LogP contribution in [-0.2, 0) is 6.54 Å². The zero-order chi connectivity index (χ0) is 20.3. The van der Waals surface area contributed by atoms with Crippen molar-refractivity contribution in [2.45, 2.75) is 13.5 Å². The van der Waals surface area contributed by atoms with Crippen LogP contribution in [0.25, 0.3) is 10.2 Å². The van der Waals surface area contributed by atoms with Gasteiger partial charge in [0, 0.05) is 18.2 Å². The maximum atomic E-state index is 12.9. The minimum atomic E-state index is -0.385. The lowest BCUT2D eigenvalue weighted by atomic mass is 10.2. The molecule has 148 valence electrons. The Bertz CT molecular complexity index is 1060. The summed E-state index contributed by atoms with van der Waals surface area (Å²) in [4.78, 5) is 17.8. The van der Waals surface area contributed by atoms with Crippen molar-refractivity contribution < 1.29 is 23.7 Å². The highest BCUT2D eigenvalue weighted by atomic mass is 32.1. The van der Waals surface area contributed by atoms with Crippen LogP contribution < -0.4 is 23.7 Å². The Morgan fingerprint density at radius 2 is 1.57 bits per heavy atom. The van der Waals surface area contributed by atoms with Crippen LogP contribution in [0.15, 0.2) is 35.3 Å². The Morgan fingerprint density at radius 3 is 2.11 bits per heavy atom. The number of fused-ring (bicyclic) bond motifs is 1. The second kappa shape index (κ2) is 8.35. The van der Waals surface area contributed by atoms with E-state index < -0.39 is 0 Å². The predicted octanol–water partition coefficient (Wildman–Crippen LogP) is 3.50. The van der Waals surface area contributed by atoms with Gasteiger partial charge in [-0.15, -0.1) is 0 Å². The molecule has 0 saturated heterocycles. The van der Waals surface area contributed by atoms with Crippen molar-refractivity contribution in [3.8, 4) is 23.0 Å². The topological polar surface area (TPSA) is 71.3 Å². The molecule has 0 radical (unpaired) electrons. The molecule has 3 rings (SSSR count). The third-order valence-corrected chi connectivity index (χ3v) is 5.40. The van der Waals surface area contributed by atoms with Crippen molar-refractivity contribution in [3.63, 3.8) is 0 Å². The first-order chi connectivity index (χ1) is 13.6. The van der Waals surface area contributed by atoms with Crippen molar-refractivity contribution >= 4 is 27.5 Å². The van der Waals surface area contributed by atoms with E-state index in [-0.39, 0.29) is 5.91 Å². The molecule has 3 aromatic rings. The molecule has 1 aromatic heterocycles. The largest absolute Gasteiger partial charge is 0.497 e. The molecule has 0 aliphatic carbocycles. The summed E-state index contributed by atoms with van der Waals surface area (Å²) >= 11 is 1.38. The number of hydrogen-bond donors (Lipinski definition) is 0. The molecule has 0 aliphatic rings. The second-order valence-corrected chi connectivity index (χ2v) is 6.77. The van der Waals surface area contributed by atoms with Gasteiger partial charge in [-0.2, -0.15) is 4.99 Å². The van der Waals surface area contributed by atoms with Crippen molar-refractivity contribution in [2.75, 3.05) is 28.4 Å². The van der Waals surface area contributed by atoms with Crippen LogP contribution >= 0.6 is 11.3 Å². The van der Waals surface area contributed by atoms with E-state index in [4.69, 9.17) is 18.9 Å². The molecule has 0 spiro atoms. The van der Waals surface area contributed by atoms with Crippen LogP contribution in [0.4, 0.5) is 0 Å². The van der Waals surface area contributed by atoms with Crippen LogP contribution in [0.1, 0.15) is 17.3 Å². The lowest BCUT2D eigenvalue weighted by Crippen LogP contribution is -2.16. The Hall–Kier alpha value is -3.00. The molecular weight excluding hydrogens is 380 g/mol. The molecule has 7 nitrogen and oxygen atoms in total. The van der Waals surface area contributed by atoms with Gasteiger partial charge in [-0.05, 0) is 31.2 Å². The highest BCUT2D eigenvalue weighted by Gasteiger charge is 2.16. The summed E-state index contributed by atoms with van der Waals surface area (Å²) in [5.41, 5.74) is 1.24. The van der Waals surface area contributed by atoms with E-state index in [1.54, 1.807) is 32.4 Å². The standard InChI is InChI=1S/C20H22N2O5S/c1-6-22-17-15(26-4)7-8-16(27-5)18(17)28-20(22)21-19(23)12-9-13(24-2)11-14(10-12)25-3/h7-11H,6H2,1-5H3. The number of carbonyl (C=O) groups is 1. The lowest BCUT2D eigenvalue weighted by molar-refractivity contribution is 0.0997. The number of aryl methyl sites for hydroxylation is 1. The first kappa shape index (κ1) is 19.8. The molecule has 0 N–H and O–H groups in total. The third kappa shape index (κ3) is 3.55. The zero-order valence-electron chi connectivity index (χ0n) is 16.4. The fourth-order valence-electron chi connectivity index (χ4n) is 2.92.